The Balaban J connectivity index is 1.79. The molecular weight excluding hydrogens is 258 g/mol. The van der Waals surface area contributed by atoms with E-state index in [9.17, 15) is 0 Å². The molecule has 0 spiro atoms. The molecule has 116 valence electrons. The zero-order valence-corrected chi connectivity index (χ0v) is 13.9. The first-order chi connectivity index (χ1) is 9.99. The van der Waals surface area contributed by atoms with E-state index in [2.05, 4.69) is 49.0 Å². The van der Waals surface area contributed by atoms with Crippen molar-refractivity contribution in [3.63, 3.8) is 0 Å². The molecule has 1 N–H and O–H groups in total. The Morgan fingerprint density at radius 2 is 2.19 bits per heavy atom. The maximum atomic E-state index is 4.32. The molecule has 2 unspecified atom stereocenters. The van der Waals surface area contributed by atoms with Crippen LogP contribution in [0.15, 0.2) is 18.5 Å². The number of nitrogens with one attached hydrogen (secondary N) is 1. The summed E-state index contributed by atoms with van der Waals surface area (Å²) in [6, 6.07) is 2.75. The van der Waals surface area contributed by atoms with Gasteiger partial charge >= 0.3 is 0 Å². The van der Waals surface area contributed by atoms with Gasteiger partial charge in [-0.2, -0.15) is 0 Å². The second-order valence-corrected chi connectivity index (χ2v) is 7.59. The topological polar surface area (TPSA) is 28.2 Å². The minimum atomic E-state index is 0.307. The van der Waals surface area contributed by atoms with Crippen molar-refractivity contribution in [2.24, 2.45) is 11.8 Å². The van der Waals surface area contributed by atoms with Crippen LogP contribution in [0.5, 0.6) is 0 Å². The number of hydrogen-bond donors (Lipinski definition) is 1. The van der Waals surface area contributed by atoms with E-state index in [-0.39, 0.29) is 0 Å². The fourth-order valence-electron chi connectivity index (χ4n) is 3.77. The number of aryl methyl sites for hydroxylation is 1. The largest absolute Gasteiger partial charge is 0.308 e. The molecule has 3 nitrogen and oxygen atoms in total. The standard InChI is InChI=1S/C18H29N3/c1-13(2)17-10-20-18(4,16-5-6-16)12-21(17)11-15-9-19-8-7-14(15)3/h7-9,13,16-17,20H,5-6,10-12H2,1-4H3. The summed E-state index contributed by atoms with van der Waals surface area (Å²) in [6.07, 6.45) is 6.74. The number of hydrogen-bond acceptors (Lipinski definition) is 3. The lowest BCUT2D eigenvalue weighted by Crippen LogP contribution is -2.64. The predicted octanol–water partition coefficient (Wildman–Crippen LogP) is 2.99. The summed E-state index contributed by atoms with van der Waals surface area (Å²) in [7, 11) is 0. The summed E-state index contributed by atoms with van der Waals surface area (Å²) >= 11 is 0. The fourth-order valence-corrected chi connectivity index (χ4v) is 3.77. The van der Waals surface area contributed by atoms with E-state index in [1.807, 2.05) is 12.4 Å². The van der Waals surface area contributed by atoms with Crippen LogP contribution in [0.4, 0.5) is 0 Å². The van der Waals surface area contributed by atoms with Crippen molar-refractivity contribution in [1.29, 1.82) is 0 Å². The normalized spacial score (nSPS) is 30.8. The Bertz CT molecular complexity index is 495. The highest BCUT2D eigenvalue weighted by molar-refractivity contribution is 5.22. The van der Waals surface area contributed by atoms with Crippen LogP contribution in [0.3, 0.4) is 0 Å². The van der Waals surface area contributed by atoms with Crippen molar-refractivity contribution in [3.8, 4) is 0 Å². The van der Waals surface area contributed by atoms with E-state index < -0.39 is 0 Å². The Morgan fingerprint density at radius 3 is 2.81 bits per heavy atom. The molecule has 0 bridgehead atoms. The second-order valence-electron chi connectivity index (χ2n) is 7.59. The van der Waals surface area contributed by atoms with E-state index in [0.717, 1.165) is 25.6 Å². The van der Waals surface area contributed by atoms with E-state index in [1.54, 1.807) is 0 Å². The molecule has 1 aromatic rings. The Labute approximate surface area is 129 Å². The van der Waals surface area contributed by atoms with Crippen LogP contribution in [-0.2, 0) is 6.54 Å². The summed E-state index contributed by atoms with van der Waals surface area (Å²) in [5.74, 6) is 1.56. The summed E-state index contributed by atoms with van der Waals surface area (Å²) in [6.45, 7) is 12.6. The van der Waals surface area contributed by atoms with Crippen LogP contribution in [0.25, 0.3) is 0 Å². The summed E-state index contributed by atoms with van der Waals surface area (Å²) in [5.41, 5.74) is 3.05. The van der Waals surface area contributed by atoms with Gasteiger partial charge in [0, 0.05) is 43.6 Å². The number of piperazine rings is 1. The molecular formula is C18H29N3. The zero-order valence-electron chi connectivity index (χ0n) is 13.9. The van der Waals surface area contributed by atoms with E-state index in [1.165, 1.54) is 24.0 Å². The molecule has 21 heavy (non-hydrogen) atoms. The molecule has 2 atom stereocenters. The highest BCUT2D eigenvalue weighted by Crippen LogP contribution is 2.42. The first-order valence-electron chi connectivity index (χ1n) is 8.38. The van der Waals surface area contributed by atoms with Gasteiger partial charge in [0.1, 0.15) is 0 Å². The third kappa shape index (κ3) is 3.14. The second kappa shape index (κ2) is 5.69. The average molecular weight is 287 g/mol. The number of pyridine rings is 1. The third-order valence-corrected chi connectivity index (χ3v) is 5.48. The van der Waals surface area contributed by atoms with Gasteiger partial charge < -0.3 is 5.32 Å². The molecule has 2 aliphatic rings. The number of nitrogens with zero attached hydrogens (tertiary/aromatic N) is 2. The van der Waals surface area contributed by atoms with E-state index in [4.69, 9.17) is 0 Å². The van der Waals surface area contributed by atoms with Crippen LogP contribution in [0.2, 0.25) is 0 Å². The lowest BCUT2D eigenvalue weighted by Gasteiger charge is -2.48. The van der Waals surface area contributed by atoms with Gasteiger partial charge in [-0.15, -0.1) is 0 Å². The zero-order chi connectivity index (χ0) is 15.0. The minimum absolute atomic E-state index is 0.307. The first kappa shape index (κ1) is 15.0. The lowest BCUT2D eigenvalue weighted by molar-refractivity contribution is 0.0460. The van der Waals surface area contributed by atoms with Crippen molar-refractivity contribution in [1.82, 2.24) is 15.2 Å². The number of aromatic nitrogens is 1. The molecule has 0 aromatic carbocycles. The van der Waals surface area contributed by atoms with Crippen molar-refractivity contribution in [2.75, 3.05) is 13.1 Å². The minimum Gasteiger partial charge on any atom is -0.308 e. The highest BCUT2D eigenvalue weighted by Gasteiger charge is 2.46. The van der Waals surface area contributed by atoms with Crippen LogP contribution >= 0.6 is 0 Å². The van der Waals surface area contributed by atoms with Gasteiger partial charge in [0.05, 0.1) is 0 Å². The lowest BCUT2D eigenvalue weighted by atomic mass is 9.87. The van der Waals surface area contributed by atoms with Gasteiger partial charge in [-0.25, -0.2) is 0 Å². The van der Waals surface area contributed by atoms with Crippen LogP contribution in [0.1, 0.15) is 44.7 Å². The van der Waals surface area contributed by atoms with Crippen molar-refractivity contribution in [2.45, 2.75) is 58.7 Å². The van der Waals surface area contributed by atoms with Crippen molar-refractivity contribution < 1.29 is 0 Å². The molecule has 0 radical (unpaired) electrons. The van der Waals surface area contributed by atoms with Crippen LogP contribution in [-0.4, -0.2) is 34.6 Å². The first-order valence-corrected chi connectivity index (χ1v) is 8.38. The third-order valence-electron chi connectivity index (χ3n) is 5.48. The van der Waals surface area contributed by atoms with Gasteiger partial charge in [0.2, 0.25) is 0 Å². The van der Waals surface area contributed by atoms with Gasteiger partial charge in [-0.05, 0) is 55.7 Å². The molecule has 1 saturated heterocycles. The SMILES string of the molecule is Cc1ccncc1CN1CC(C)(C2CC2)NCC1C(C)C. The van der Waals surface area contributed by atoms with Gasteiger partial charge in [0.15, 0.2) is 0 Å². The van der Waals surface area contributed by atoms with E-state index in [0.29, 0.717) is 17.5 Å². The van der Waals surface area contributed by atoms with Gasteiger partial charge in [-0.3, -0.25) is 9.88 Å². The molecule has 1 aromatic heterocycles. The average Bonchev–Trinajstić information content (AvgIpc) is 3.26. The summed E-state index contributed by atoms with van der Waals surface area (Å²) < 4.78 is 0. The molecule has 0 amide bonds. The van der Waals surface area contributed by atoms with Crippen molar-refractivity contribution >= 4 is 0 Å². The maximum absolute atomic E-state index is 4.32. The maximum Gasteiger partial charge on any atom is 0.0315 e. The summed E-state index contributed by atoms with van der Waals surface area (Å²) in [4.78, 5) is 7.02. The fraction of sp³-hybridized carbons (Fsp3) is 0.722. The molecule has 1 aliphatic heterocycles. The molecule has 1 saturated carbocycles. The van der Waals surface area contributed by atoms with Gasteiger partial charge in [-0.1, -0.05) is 13.8 Å². The monoisotopic (exact) mass is 287 g/mol. The molecule has 2 fully saturated rings. The van der Waals surface area contributed by atoms with Crippen LogP contribution < -0.4 is 5.32 Å². The molecule has 2 heterocycles. The Kier molecular flexibility index (Phi) is 4.06. The van der Waals surface area contributed by atoms with E-state index >= 15 is 0 Å². The predicted molar refractivity (Wildman–Crippen MR) is 87.1 cm³/mol. The Morgan fingerprint density at radius 1 is 1.43 bits per heavy atom. The molecule has 3 rings (SSSR count). The van der Waals surface area contributed by atoms with Crippen LogP contribution in [0, 0.1) is 18.8 Å². The summed E-state index contributed by atoms with van der Waals surface area (Å²) in [5, 5.41) is 3.86. The van der Waals surface area contributed by atoms with Crippen molar-refractivity contribution in [3.05, 3.63) is 29.6 Å². The molecule has 3 heteroatoms. The quantitative estimate of drug-likeness (QED) is 0.923. The van der Waals surface area contributed by atoms with Gasteiger partial charge in [0.25, 0.3) is 0 Å². The smallest absolute Gasteiger partial charge is 0.0315 e. The highest BCUT2D eigenvalue weighted by atomic mass is 15.3. The number of rotatable bonds is 4. The molecule has 1 aliphatic carbocycles. The Hall–Kier alpha value is -0.930.